The number of benzene rings is 1. The van der Waals surface area contributed by atoms with Crippen LogP contribution in [0.4, 0.5) is 0 Å². The van der Waals surface area contributed by atoms with Crippen molar-refractivity contribution in [2.45, 2.75) is 13.0 Å². The summed E-state index contributed by atoms with van der Waals surface area (Å²) in [6.45, 7) is 2.45. The van der Waals surface area contributed by atoms with E-state index in [1.807, 2.05) is 25.1 Å². The van der Waals surface area contributed by atoms with E-state index in [4.69, 9.17) is 16.2 Å². The van der Waals surface area contributed by atoms with E-state index in [1.54, 1.807) is 7.11 Å². The molecule has 1 aromatic carbocycles. The molecule has 0 spiro atoms. The van der Waals surface area contributed by atoms with Crippen molar-refractivity contribution >= 4 is 12.4 Å². The molecule has 80 valence electrons. The van der Waals surface area contributed by atoms with Crippen LogP contribution in [0.2, 0.25) is 0 Å². The van der Waals surface area contributed by atoms with Crippen LogP contribution in [-0.4, -0.2) is 13.7 Å². The van der Waals surface area contributed by atoms with Gasteiger partial charge in [0.25, 0.3) is 0 Å². The van der Waals surface area contributed by atoms with Gasteiger partial charge in [0, 0.05) is 12.6 Å². The Morgan fingerprint density at radius 2 is 2.07 bits per heavy atom. The van der Waals surface area contributed by atoms with E-state index in [9.17, 15) is 0 Å². The van der Waals surface area contributed by atoms with E-state index in [0.29, 0.717) is 6.54 Å². The fourth-order valence-corrected chi connectivity index (χ4v) is 1.20. The second-order valence-electron chi connectivity index (χ2n) is 3.07. The van der Waals surface area contributed by atoms with Gasteiger partial charge in [0.05, 0.1) is 7.11 Å². The molecule has 1 rings (SSSR count). The van der Waals surface area contributed by atoms with E-state index < -0.39 is 0 Å². The van der Waals surface area contributed by atoms with Crippen molar-refractivity contribution in [1.82, 2.24) is 0 Å². The first-order valence-electron chi connectivity index (χ1n) is 4.29. The predicted molar refractivity (Wildman–Crippen MR) is 61.0 cm³/mol. The molecular formula is C10H17ClN2O. The lowest BCUT2D eigenvalue weighted by atomic mass is 10.1. The Kier molecular flexibility index (Phi) is 5.53. The van der Waals surface area contributed by atoms with Gasteiger partial charge < -0.3 is 16.2 Å². The quantitative estimate of drug-likeness (QED) is 0.803. The fourth-order valence-electron chi connectivity index (χ4n) is 1.20. The van der Waals surface area contributed by atoms with Crippen LogP contribution in [0.3, 0.4) is 0 Å². The van der Waals surface area contributed by atoms with Crippen LogP contribution >= 0.6 is 12.4 Å². The van der Waals surface area contributed by atoms with Crippen molar-refractivity contribution in [3.63, 3.8) is 0 Å². The Morgan fingerprint density at radius 3 is 2.57 bits per heavy atom. The van der Waals surface area contributed by atoms with Gasteiger partial charge in [-0.3, -0.25) is 0 Å². The number of methoxy groups -OCH3 is 1. The van der Waals surface area contributed by atoms with Crippen molar-refractivity contribution in [1.29, 1.82) is 0 Å². The summed E-state index contributed by atoms with van der Waals surface area (Å²) in [7, 11) is 1.65. The molecule has 3 nitrogen and oxygen atoms in total. The van der Waals surface area contributed by atoms with Gasteiger partial charge in [0.2, 0.25) is 0 Å². The van der Waals surface area contributed by atoms with Crippen molar-refractivity contribution < 1.29 is 4.74 Å². The van der Waals surface area contributed by atoms with Gasteiger partial charge in [-0.15, -0.1) is 12.4 Å². The summed E-state index contributed by atoms with van der Waals surface area (Å²) in [5, 5.41) is 0. The topological polar surface area (TPSA) is 61.3 Å². The first kappa shape index (κ1) is 13.2. The highest BCUT2D eigenvalue weighted by Gasteiger charge is 2.05. The summed E-state index contributed by atoms with van der Waals surface area (Å²) in [6, 6.07) is 5.81. The normalized spacial score (nSPS) is 11.7. The highest BCUT2D eigenvalue weighted by atomic mass is 35.5. The van der Waals surface area contributed by atoms with Crippen LogP contribution in [0.1, 0.15) is 17.2 Å². The molecule has 4 heteroatoms. The first-order valence-corrected chi connectivity index (χ1v) is 4.29. The molecule has 0 bridgehead atoms. The lowest BCUT2D eigenvalue weighted by Crippen LogP contribution is -2.20. The van der Waals surface area contributed by atoms with Gasteiger partial charge >= 0.3 is 0 Å². The minimum atomic E-state index is -0.102. The lowest BCUT2D eigenvalue weighted by Gasteiger charge is -2.11. The number of nitrogens with two attached hydrogens (primary N) is 2. The average molecular weight is 217 g/mol. The molecule has 0 aliphatic heterocycles. The highest BCUT2D eigenvalue weighted by molar-refractivity contribution is 5.85. The number of hydrogen-bond acceptors (Lipinski definition) is 3. The number of rotatable bonds is 3. The zero-order valence-corrected chi connectivity index (χ0v) is 9.30. The molecule has 14 heavy (non-hydrogen) atoms. The molecule has 0 fully saturated rings. The van der Waals surface area contributed by atoms with Crippen LogP contribution in [-0.2, 0) is 0 Å². The Hall–Kier alpha value is -0.770. The van der Waals surface area contributed by atoms with Crippen LogP contribution in [0.25, 0.3) is 0 Å². The molecule has 0 saturated carbocycles. The van der Waals surface area contributed by atoms with Gasteiger partial charge in [-0.25, -0.2) is 0 Å². The standard InChI is InChI=1S/C10H16N2O.ClH/c1-7-3-4-8(9(12)6-11)5-10(7)13-2;/h3-5,9H,6,11-12H2,1-2H3;1H/t9-;/m0./s1. The molecule has 0 amide bonds. The zero-order valence-electron chi connectivity index (χ0n) is 8.49. The minimum Gasteiger partial charge on any atom is -0.496 e. The fraction of sp³-hybridized carbons (Fsp3) is 0.400. The Balaban J connectivity index is 0.00000169. The molecule has 0 aromatic heterocycles. The van der Waals surface area contributed by atoms with Crippen molar-refractivity contribution in [2.75, 3.05) is 13.7 Å². The summed E-state index contributed by atoms with van der Waals surface area (Å²) in [4.78, 5) is 0. The number of ether oxygens (including phenoxy) is 1. The summed E-state index contributed by atoms with van der Waals surface area (Å²) in [5.41, 5.74) is 13.4. The third kappa shape index (κ3) is 2.87. The third-order valence-corrected chi connectivity index (χ3v) is 2.11. The van der Waals surface area contributed by atoms with E-state index in [-0.39, 0.29) is 18.4 Å². The lowest BCUT2D eigenvalue weighted by molar-refractivity contribution is 0.410. The van der Waals surface area contributed by atoms with Crippen molar-refractivity contribution in [3.05, 3.63) is 29.3 Å². The Morgan fingerprint density at radius 1 is 1.43 bits per heavy atom. The van der Waals surface area contributed by atoms with Gasteiger partial charge in [0.15, 0.2) is 0 Å². The number of hydrogen-bond donors (Lipinski definition) is 2. The SMILES string of the molecule is COc1cc([C@@H](N)CN)ccc1C.Cl. The van der Waals surface area contributed by atoms with Crippen molar-refractivity contribution in [2.24, 2.45) is 11.5 Å². The number of aryl methyl sites for hydroxylation is 1. The van der Waals surface area contributed by atoms with E-state index in [0.717, 1.165) is 16.9 Å². The molecule has 0 unspecified atom stereocenters. The molecule has 4 N–H and O–H groups in total. The molecule has 0 radical (unpaired) electrons. The summed E-state index contributed by atoms with van der Waals surface area (Å²) < 4.78 is 5.18. The van der Waals surface area contributed by atoms with Gasteiger partial charge in [-0.1, -0.05) is 12.1 Å². The summed E-state index contributed by atoms with van der Waals surface area (Å²) in [5.74, 6) is 0.862. The maximum atomic E-state index is 5.79. The zero-order chi connectivity index (χ0) is 9.84. The van der Waals surface area contributed by atoms with E-state index >= 15 is 0 Å². The average Bonchev–Trinajstić information content (AvgIpc) is 2.17. The smallest absolute Gasteiger partial charge is 0.122 e. The second kappa shape index (κ2) is 5.86. The first-order chi connectivity index (χ1) is 6.19. The number of halogens is 1. The maximum absolute atomic E-state index is 5.79. The van der Waals surface area contributed by atoms with Crippen molar-refractivity contribution in [3.8, 4) is 5.75 Å². The van der Waals surface area contributed by atoms with E-state index in [1.165, 1.54) is 0 Å². The van der Waals surface area contributed by atoms with Gasteiger partial charge in [-0.2, -0.15) is 0 Å². The molecule has 0 aliphatic carbocycles. The molecule has 0 aliphatic rings. The van der Waals surface area contributed by atoms with Crippen LogP contribution in [0.15, 0.2) is 18.2 Å². The predicted octanol–water partition coefficient (Wildman–Crippen LogP) is 1.38. The third-order valence-electron chi connectivity index (χ3n) is 2.11. The largest absolute Gasteiger partial charge is 0.496 e. The van der Waals surface area contributed by atoms with E-state index in [2.05, 4.69) is 0 Å². The second-order valence-corrected chi connectivity index (χ2v) is 3.07. The summed E-state index contributed by atoms with van der Waals surface area (Å²) in [6.07, 6.45) is 0. The van der Waals surface area contributed by atoms with Crippen LogP contribution in [0.5, 0.6) is 5.75 Å². The maximum Gasteiger partial charge on any atom is 0.122 e. The Bertz CT molecular complexity index is 291. The monoisotopic (exact) mass is 216 g/mol. The molecule has 0 saturated heterocycles. The van der Waals surface area contributed by atoms with Crippen LogP contribution in [0, 0.1) is 6.92 Å². The molecule has 1 aromatic rings. The Labute approximate surface area is 90.8 Å². The van der Waals surface area contributed by atoms with Gasteiger partial charge in [-0.05, 0) is 24.1 Å². The molecule has 0 heterocycles. The van der Waals surface area contributed by atoms with Crippen LogP contribution < -0.4 is 16.2 Å². The summed E-state index contributed by atoms with van der Waals surface area (Å²) >= 11 is 0. The highest BCUT2D eigenvalue weighted by Crippen LogP contribution is 2.21. The molecular weight excluding hydrogens is 200 g/mol. The molecule has 1 atom stereocenters. The minimum absolute atomic E-state index is 0. The van der Waals surface area contributed by atoms with Gasteiger partial charge in [0.1, 0.15) is 5.75 Å².